The number of benzene rings is 2. The van der Waals surface area contributed by atoms with E-state index >= 15 is 0 Å². The van der Waals surface area contributed by atoms with Crippen molar-refractivity contribution in [2.75, 3.05) is 7.11 Å². The van der Waals surface area contributed by atoms with Gasteiger partial charge in [-0.25, -0.2) is 9.67 Å². The smallest absolute Gasteiger partial charge is 0.244 e. The van der Waals surface area contributed by atoms with Crippen LogP contribution in [0.5, 0.6) is 5.75 Å². The molecule has 31 heavy (non-hydrogen) atoms. The Morgan fingerprint density at radius 1 is 1.16 bits per heavy atom. The van der Waals surface area contributed by atoms with Crippen molar-refractivity contribution in [3.05, 3.63) is 84.0 Å². The quantitative estimate of drug-likeness (QED) is 0.518. The van der Waals surface area contributed by atoms with Crippen molar-refractivity contribution in [2.45, 2.75) is 26.1 Å². The molecule has 2 amide bonds. The summed E-state index contributed by atoms with van der Waals surface area (Å²) < 4.78 is 6.84. The topological polar surface area (TPSA) is 98.1 Å². The van der Waals surface area contributed by atoms with Gasteiger partial charge in [-0.1, -0.05) is 36.4 Å². The summed E-state index contributed by atoms with van der Waals surface area (Å²) in [7, 11) is 1.60. The van der Waals surface area contributed by atoms with Gasteiger partial charge >= 0.3 is 0 Å². The first kappa shape index (κ1) is 21.8. The highest BCUT2D eigenvalue weighted by Crippen LogP contribution is 2.12. The Morgan fingerprint density at radius 3 is 2.65 bits per heavy atom. The van der Waals surface area contributed by atoms with Crippen molar-refractivity contribution in [1.82, 2.24) is 25.4 Å². The van der Waals surface area contributed by atoms with E-state index < -0.39 is 6.04 Å². The summed E-state index contributed by atoms with van der Waals surface area (Å²) in [6.07, 6.45) is 6.23. The van der Waals surface area contributed by atoms with Crippen LogP contribution in [0.4, 0.5) is 0 Å². The third-order valence-corrected chi connectivity index (χ3v) is 4.56. The van der Waals surface area contributed by atoms with E-state index in [0.29, 0.717) is 13.1 Å². The maximum atomic E-state index is 12.4. The molecule has 0 aliphatic rings. The summed E-state index contributed by atoms with van der Waals surface area (Å²) in [5, 5.41) is 9.61. The number of hydrogen-bond donors (Lipinski definition) is 2. The van der Waals surface area contributed by atoms with E-state index in [2.05, 4.69) is 20.7 Å². The number of methoxy groups -OCH3 is 1. The minimum Gasteiger partial charge on any atom is -0.497 e. The van der Waals surface area contributed by atoms with Gasteiger partial charge in [-0.15, -0.1) is 0 Å². The molecule has 0 aliphatic heterocycles. The summed E-state index contributed by atoms with van der Waals surface area (Å²) in [5.41, 5.74) is 2.88. The van der Waals surface area contributed by atoms with Gasteiger partial charge in [0.15, 0.2) is 0 Å². The number of ether oxygens (including phenoxy) is 1. The minimum absolute atomic E-state index is 0.257. The highest BCUT2D eigenvalue weighted by Gasteiger charge is 2.14. The van der Waals surface area contributed by atoms with Gasteiger partial charge in [-0.05, 0) is 41.8 Å². The SMILES string of the molecule is COc1ccc(/C=C/C(=O)N[C@@H](C)C(=O)NCc2cccc(Cn3cncn3)c2)cc1. The van der Waals surface area contributed by atoms with Gasteiger partial charge in [0, 0.05) is 12.6 Å². The predicted octanol–water partition coefficient (Wildman–Crippen LogP) is 2.17. The normalized spacial score (nSPS) is 11.8. The molecule has 3 rings (SSSR count). The van der Waals surface area contributed by atoms with Crippen molar-refractivity contribution in [3.63, 3.8) is 0 Å². The summed E-state index contributed by atoms with van der Waals surface area (Å²) in [4.78, 5) is 28.4. The van der Waals surface area contributed by atoms with E-state index in [9.17, 15) is 9.59 Å². The molecule has 1 heterocycles. The number of amides is 2. The van der Waals surface area contributed by atoms with E-state index in [-0.39, 0.29) is 11.8 Å². The molecule has 1 aromatic heterocycles. The molecule has 2 aromatic carbocycles. The third-order valence-electron chi connectivity index (χ3n) is 4.56. The van der Waals surface area contributed by atoms with Gasteiger partial charge in [-0.2, -0.15) is 5.10 Å². The van der Waals surface area contributed by atoms with Crippen LogP contribution >= 0.6 is 0 Å². The zero-order chi connectivity index (χ0) is 22.1. The Bertz CT molecular complexity index is 1030. The lowest BCUT2D eigenvalue weighted by Gasteiger charge is -2.13. The number of hydrogen-bond acceptors (Lipinski definition) is 5. The van der Waals surface area contributed by atoms with E-state index in [1.54, 1.807) is 31.1 Å². The molecular weight excluding hydrogens is 394 g/mol. The molecule has 8 heteroatoms. The largest absolute Gasteiger partial charge is 0.497 e. The molecule has 0 aliphatic carbocycles. The lowest BCUT2D eigenvalue weighted by molar-refractivity contribution is -0.126. The number of aromatic nitrogens is 3. The van der Waals surface area contributed by atoms with Crippen molar-refractivity contribution in [3.8, 4) is 5.75 Å². The number of carbonyl (C=O) groups is 2. The molecule has 3 aromatic rings. The van der Waals surface area contributed by atoms with Gasteiger partial charge in [-0.3, -0.25) is 9.59 Å². The second kappa shape index (κ2) is 10.7. The second-order valence-corrected chi connectivity index (χ2v) is 6.97. The first-order valence-corrected chi connectivity index (χ1v) is 9.84. The van der Waals surface area contributed by atoms with Gasteiger partial charge in [0.2, 0.25) is 11.8 Å². The number of nitrogens with one attached hydrogen (secondary N) is 2. The average Bonchev–Trinajstić information content (AvgIpc) is 3.29. The van der Waals surface area contributed by atoms with Crippen molar-refractivity contribution >= 4 is 17.9 Å². The van der Waals surface area contributed by atoms with Crippen LogP contribution in [0.3, 0.4) is 0 Å². The molecule has 0 saturated carbocycles. The van der Waals surface area contributed by atoms with E-state index in [4.69, 9.17) is 4.74 Å². The molecule has 0 spiro atoms. The van der Waals surface area contributed by atoms with E-state index in [1.165, 1.54) is 12.4 Å². The zero-order valence-corrected chi connectivity index (χ0v) is 17.5. The van der Waals surface area contributed by atoms with E-state index in [0.717, 1.165) is 22.4 Å². The van der Waals surface area contributed by atoms with Crippen molar-refractivity contribution < 1.29 is 14.3 Å². The molecule has 0 fully saturated rings. The Balaban J connectivity index is 1.46. The van der Waals surface area contributed by atoms with Crippen LogP contribution in [0.2, 0.25) is 0 Å². The van der Waals surface area contributed by atoms with Gasteiger partial charge in [0.05, 0.1) is 13.7 Å². The molecule has 8 nitrogen and oxygen atoms in total. The van der Waals surface area contributed by atoms with Crippen LogP contribution in [0, 0.1) is 0 Å². The van der Waals surface area contributed by atoms with Crippen molar-refractivity contribution in [1.29, 1.82) is 0 Å². The van der Waals surface area contributed by atoms with Gasteiger partial charge in [0.1, 0.15) is 24.4 Å². The Kier molecular flexibility index (Phi) is 7.53. The Hall–Kier alpha value is -3.94. The maximum absolute atomic E-state index is 12.4. The highest BCUT2D eigenvalue weighted by molar-refractivity contribution is 5.95. The molecule has 1 atom stereocenters. The van der Waals surface area contributed by atoms with Crippen molar-refractivity contribution in [2.24, 2.45) is 0 Å². The molecule has 0 saturated heterocycles. The number of carbonyl (C=O) groups excluding carboxylic acids is 2. The van der Waals surface area contributed by atoms with Crippen LogP contribution < -0.4 is 15.4 Å². The fourth-order valence-corrected chi connectivity index (χ4v) is 2.90. The average molecular weight is 419 g/mol. The molecule has 2 N–H and O–H groups in total. The molecule has 160 valence electrons. The zero-order valence-electron chi connectivity index (χ0n) is 17.5. The lowest BCUT2D eigenvalue weighted by atomic mass is 10.1. The Labute approximate surface area is 181 Å². The van der Waals surface area contributed by atoms with Crippen LogP contribution in [-0.2, 0) is 22.7 Å². The molecule has 0 radical (unpaired) electrons. The predicted molar refractivity (Wildman–Crippen MR) is 117 cm³/mol. The van der Waals surface area contributed by atoms with Gasteiger partial charge in [0.25, 0.3) is 0 Å². The molecular formula is C23H25N5O3. The second-order valence-electron chi connectivity index (χ2n) is 6.97. The monoisotopic (exact) mass is 419 g/mol. The summed E-state index contributed by atoms with van der Waals surface area (Å²) in [6.45, 7) is 2.62. The Morgan fingerprint density at radius 2 is 1.94 bits per heavy atom. The van der Waals surface area contributed by atoms with Crippen LogP contribution in [0.15, 0.2) is 67.3 Å². The first-order valence-electron chi connectivity index (χ1n) is 9.84. The van der Waals surface area contributed by atoms with Crippen LogP contribution in [0.25, 0.3) is 6.08 Å². The summed E-state index contributed by atoms with van der Waals surface area (Å²) in [5.74, 6) is 0.150. The summed E-state index contributed by atoms with van der Waals surface area (Å²) >= 11 is 0. The molecule has 0 bridgehead atoms. The highest BCUT2D eigenvalue weighted by atomic mass is 16.5. The fraction of sp³-hybridized carbons (Fsp3) is 0.217. The van der Waals surface area contributed by atoms with Gasteiger partial charge < -0.3 is 15.4 Å². The maximum Gasteiger partial charge on any atom is 0.244 e. The van der Waals surface area contributed by atoms with Crippen LogP contribution in [-0.4, -0.2) is 39.7 Å². The van der Waals surface area contributed by atoms with E-state index in [1.807, 2.05) is 48.5 Å². The standard InChI is InChI=1S/C23H25N5O3/c1-17(27-22(29)11-8-18-6-9-21(31-2)10-7-18)23(30)25-13-19-4-3-5-20(12-19)14-28-16-24-15-26-28/h3-12,15-17H,13-14H2,1-2H3,(H,25,30)(H,27,29)/b11-8+/t17-/m0/s1. The third kappa shape index (κ3) is 6.81. The number of nitrogens with zero attached hydrogens (tertiary/aromatic N) is 3. The fourth-order valence-electron chi connectivity index (χ4n) is 2.90. The summed E-state index contributed by atoms with van der Waals surface area (Å²) in [6, 6.07) is 14.5. The first-order chi connectivity index (χ1) is 15.0. The molecule has 0 unspecified atom stereocenters. The number of rotatable bonds is 9. The minimum atomic E-state index is -0.661. The lowest BCUT2D eigenvalue weighted by Crippen LogP contribution is -2.44. The van der Waals surface area contributed by atoms with Crippen LogP contribution in [0.1, 0.15) is 23.6 Å².